The number of amides is 1. The normalized spacial score (nSPS) is 18.5. The molecule has 4 N–H and O–H groups in total. The SMILES string of the molecule is CN1CCC(CNC(=O)c2cc([N+](=O)[O-])ccc2NN)C1. The van der Waals surface area contributed by atoms with E-state index in [1.54, 1.807) is 0 Å². The van der Waals surface area contributed by atoms with Crippen LogP contribution in [0.25, 0.3) is 0 Å². The first kappa shape index (κ1) is 15.2. The van der Waals surface area contributed by atoms with E-state index in [2.05, 4.69) is 15.6 Å². The van der Waals surface area contributed by atoms with Crippen molar-refractivity contribution in [2.75, 3.05) is 32.1 Å². The van der Waals surface area contributed by atoms with Gasteiger partial charge in [-0.1, -0.05) is 0 Å². The molecule has 1 unspecified atom stereocenters. The van der Waals surface area contributed by atoms with Crippen molar-refractivity contribution in [3.05, 3.63) is 33.9 Å². The fourth-order valence-electron chi connectivity index (χ4n) is 2.48. The number of hydrogen-bond donors (Lipinski definition) is 3. The van der Waals surface area contributed by atoms with Gasteiger partial charge in [0.15, 0.2) is 0 Å². The number of non-ortho nitro benzene ring substituents is 1. The first-order chi connectivity index (χ1) is 10.0. The van der Waals surface area contributed by atoms with E-state index in [1.165, 1.54) is 18.2 Å². The lowest BCUT2D eigenvalue weighted by Gasteiger charge is -2.13. The maximum absolute atomic E-state index is 12.2. The zero-order chi connectivity index (χ0) is 15.4. The lowest BCUT2D eigenvalue weighted by Crippen LogP contribution is -2.31. The Morgan fingerprint density at radius 3 is 2.90 bits per heavy atom. The average molecular weight is 293 g/mol. The van der Waals surface area contributed by atoms with Gasteiger partial charge < -0.3 is 15.6 Å². The lowest BCUT2D eigenvalue weighted by molar-refractivity contribution is -0.384. The summed E-state index contributed by atoms with van der Waals surface area (Å²) >= 11 is 0. The Morgan fingerprint density at radius 2 is 2.33 bits per heavy atom. The third-order valence-corrected chi connectivity index (χ3v) is 3.65. The largest absolute Gasteiger partial charge is 0.352 e. The van der Waals surface area contributed by atoms with Crippen LogP contribution < -0.4 is 16.6 Å². The summed E-state index contributed by atoms with van der Waals surface area (Å²) in [4.78, 5) is 24.7. The average Bonchev–Trinajstić information content (AvgIpc) is 2.89. The number of hydrogen-bond acceptors (Lipinski definition) is 6. The van der Waals surface area contributed by atoms with E-state index in [0.29, 0.717) is 18.2 Å². The van der Waals surface area contributed by atoms with Crippen molar-refractivity contribution < 1.29 is 9.72 Å². The van der Waals surface area contributed by atoms with Crippen LogP contribution in [0.3, 0.4) is 0 Å². The number of likely N-dealkylation sites (tertiary alicyclic amines) is 1. The van der Waals surface area contributed by atoms with Gasteiger partial charge in [-0.3, -0.25) is 20.8 Å². The molecule has 1 amide bonds. The van der Waals surface area contributed by atoms with Crippen LogP contribution in [0.5, 0.6) is 0 Å². The molecule has 0 spiro atoms. The number of carbonyl (C=O) groups is 1. The molecule has 1 heterocycles. The number of nitrogen functional groups attached to an aromatic ring is 1. The number of nitro benzene ring substituents is 1. The Kier molecular flexibility index (Phi) is 4.71. The molecule has 1 fully saturated rings. The summed E-state index contributed by atoms with van der Waals surface area (Å²) in [5, 5.41) is 13.6. The molecule has 0 aliphatic carbocycles. The number of benzene rings is 1. The number of nitro groups is 1. The second kappa shape index (κ2) is 6.51. The van der Waals surface area contributed by atoms with Gasteiger partial charge in [-0.05, 0) is 32.0 Å². The van der Waals surface area contributed by atoms with Crippen molar-refractivity contribution in [3.8, 4) is 0 Å². The summed E-state index contributed by atoms with van der Waals surface area (Å²) in [5.41, 5.74) is 2.79. The van der Waals surface area contributed by atoms with Crippen molar-refractivity contribution in [2.24, 2.45) is 11.8 Å². The predicted octanol–water partition coefficient (Wildman–Crippen LogP) is 0.562. The van der Waals surface area contributed by atoms with Crippen LogP contribution >= 0.6 is 0 Å². The summed E-state index contributed by atoms with van der Waals surface area (Å²) in [6.45, 7) is 2.51. The number of nitrogens with two attached hydrogens (primary N) is 1. The molecule has 1 aromatic carbocycles. The highest BCUT2D eigenvalue weighted by atomic mass is 16.6. The molecule has 0 aromatic heterocycles. The summed E-state index contributed by atoms with van der Waals surface area (Å²) in [7, 11) is 2.04. The van der Waals surface area contributed by atoms with Crippen LogP contribution in [0.1, 0.15) is 16.8 Å². The highest BCUT2D eigenvalue weighted by molar-refractivity contribution is 6.00. The van der Waals surface area contributed by atoms with Crippen LogP contribution in [-0.4, -0.2) is 42.4 Å². The summed E-state index contributed by atoms with van der Waals surface area (Å²) in [6, 6.07) is 3.96. The van der Waals surface area contributed by atoms with Crippen LogP contribution in [0.2, 0.25) is 0 Å². The van der Waals surface area contributed by atoms with Crippen molar-refractivity contribution >= 4 is 17.3 Å². The Hall–Kier alpha value is -2.19. The number of nitrogens with one attached hydrogen (secondary N) is 2. The second-order valence-electron chi connectivity index (χ2n) is 5.26. The molecule has 2 rings (SSSR count). The van der Waals surface area contributed by atoms with Gasteiger partial charge in [0.2, 0.25) is 0 Å². The minimum absolute atomic E-state index is 0.139. The van der Waals surface area contributed by atoms with Crippen LogP contribution in [0, 0.1) is 16.0 Å². The highest BCUT2D eigenvalue weighted by Gasteiger charge is 2.21. The van der Waals surface area contributed by atoms with Crippen LogP contribution in [0.4, 0.5) is 11.4 Å². The highest BCUT2D eigenvalue weighted by Crippen LogP contribution is 2.21. The molecule has 114 valence electrons. The monoisotopic (exact) mass is 293 g/mol. The van der Waals surface area contributed by atoms with Gasteiger partial charge in [-0.2, -0.15) is 0 Å². The standard InChI is InChI=1S/C13H19N5O3/c1-17-5-4-9(8-17)7-15-13(19)11-6-10(18(20)21)2-3-12(11)16-14/h2-3,6,9,16H,4-5,7-8,14H2,1H3,(H,15,19). The quantitative estimate of drug-likeness (QED) is 0.415. The first-order valence-electron chi connectivity index (χ1n) is 6.73. The molecule has 1 aliphatic rings. The molecular formula is C13H19N5O3. The maximum atomic E-state index is 12.2. The van der Waals surface area contributed by atoms with Gasteiger partial charge >= 0.3 is 0 Å². The smallest absolute Gasteiger partial charge is 0.270 e. The van der Waals surface area contributed by atoms with E-state index >= 15 is 0 Å². The van der Waals surface area contributed by atoms with Crippen molar-refractivity contribution in [1.29, 1.82) is 0 Å². The van der Waals surface area contributed by atoms with Crippen LogP contribution in [0.15, 0.2) is 18.2 Å². The molecule has 0 saturated carbocycles. The van der Waals surface area contributed by atoms with Gasteiger partial charge in [-0.25, -0.2) is 0 Å². The topological polar surface area (TPSA) is 114 Å². The summed E-state index contributed by atoms with van der Waals surface area (Å²) in [5.74, 6) is 5.39. The molecule has 8 nitrogen and oxygen atoms in total. The van der Waals surface area contributed by atoms with E-state index in [1.807, 2.05) is 7.05 Å². The zero-order valence-corrected chi connectivity index (χ0v) is 11.8. The number of anilines is 1. The number of hydrazine groups is 1. The third kappa shape index (κ3) is 3.67. The van der Waals surface area contributed by atoms with Gasteiger partial charge in [0.25, 0.3) is 11.6 Å². The van der Waals surface area contributed by atoms with E-state index in [-0.39, 0.29) is 17.2 Å². The molecule has 21 heavy (non-hydrogen) atoms. The minimum atomic E-state index is -0.539. The summed E-state index contributed by atoms with van der Waals surface area (Å²) < 4.78 is 0. The molecule has 1 aromatic rings. The van der Waals surface area contributed by atoms with Gasteiger partial charge in [-0.15, -0.1) is 0 Å². The van der Waals surface area contributed by atoms with E-state index in [4.69, 9.17) is 5.84 Å². The van der Waals surface area contributed by atoms with Gasteiger partial charge in [0, 0.05) is 25.2 Å². The second-order valence-corrected chi connectivity index (χ2v) is 5.26. The number of rotatable bonds is 5. The molecule has 0 bridgehead atoms. The van der Waals surface area contributed by atoms with E-state index < -0.39 is 4.92 Å². The molecule has 8 heteroatoms. The molecule has 1 aliphatic heterocycles. The Morgan fingerprint density at radius 1 is 1.57 bits per heavy atom. The fraction of sp³-hybridized carbons (Fsp3) is 0.462. The van der Waals surface area contributed by atoms with Crippen LogP contribution in [-0.2, 0) is 0 Å². The molecular weight excluding hydrogens is 274 g/mol. The maximum Gasteiger partial charge on any atom is 0.270 e. The number of carbonyl (C=O) groups excluding carboxylic acids is 1. The van der Waals surface area contributed by atoms with Crippen molar-refractivity contribution in [3.63, 3.8) is 0 Å². The molecule has 1 atom stereocenters. The Balaban J connectivity index is 2.06. The zero-order valence-electron chi connectivity index (χ0n) is 11.8. The number of nitrogens with zero attached hydrogens (tertiary/aromatic N) is 2. The van der Waals surface area contributed by atoms with E-state index in [9.17, 15) is 14.9 Å². The van der Waals surface area contributed by atoms with E-state index in [0.717, 1.165) is 19.5 Å². The molecule has 0 radical (unpaired) electrons. The first-order valence-corrected chi connectivity index (χ1v) is 6.73. The summed E-state index contributed by atoms with van der Waals surface area (Å²) in [6.07, 6.45) is 1.04. The van der Waals surface area contributed by atoms with Crippen molar-refractivity contribution in [1.82, 2.24) is 10.2 Å². The predicted molar refractivity (Wildman–Crippen MR) is 78.8 cm³/mol. The molecule has 1 saturated heterocycles. The third-order valence-electron chi connectivity index (χ3n) is 3.65. The van der Waals surface area contributed by atoms with Gasteiger partial charge in [0.1, 0.15) is 0 Å². The van der Waals surface area contributed by atoms with Gasteiger partial charge in [0.05, 0.1) is 16.2 Å². The minimum Gasteiger partial charge on any atom is -0.352 e. The lowest BCUT2D eigenvalue weighted by atomic mass is 10.1. The fourth-order valence-corrected chi connectivity index (χ4v) is 2.48. The Labute approximate surface area is 122 Å². The Bertz CT molecular complexity index is 549. The van der Waals surface area contributed by atoms with Crippen molar-refractivity contribution in [2.45, 2.75) is 6.42 Å².